The summed E-state index contributed by atoms with van der Waals surface area (Å²) < 4.78 is 0. The van der Waals surface area contributed by atoms with Crippen LogP contribution in [0.1, 0.15) is 5.69 Å². The molecule has 0 aromatic carbocycles. The Morgan fingerprint density at radius 2 is 2.33 bits per heavy atom. The minimum Gasteiger partial charge on any atom is -0.422 e. The Morgan fingerprint density at radius 1 is 1.67 bits per heavy atom. The van der Waals surface area contributed by atoms with E-state index >= 15 is 0 Å². The van der Waals surface area contributed by atoms with Gasteiger partial charge in [-0.2, -0.15) is 0 Å². The van der Waals surface area contributed by atoms with Gasteiger partial charge in [0.2, 0.25) is 0 Å². The van der Waals surface area contributed by atoms with Crippen LogP contribution >= 0.6 is 0 Å². The molecule has 0 aliphatic rings. The fraction of sp³-hybridized carbons (Fsp3) is 0.250. The highest BCUT2D eigenvalue weighted by Gasteiger charge is 2.14. The maximum Gasteiger partial charge on any atom is 0.507 e. The van der Waals surface area contributed by atoms with Crippen molar-refractivity contribution in [2.45, 2.75) is 6.92 Å². The average Bonchev–Trinajstić information content (AvgIpc) is 2.13. The Kier molecular flexibility index (Phi) is 1.55. The zero-order chi connectivity index (χ0) is 6.85. The van der Waals surface area contributed by atoms with Gasteiger partial charge < -0.3 is 15.0 Å². The minimum atomic E-state index is -1.44. The molecule has 1 aromatic heterocycles. The lowest BCUT2D eigenvalue weighted by molar-refractivity contribution is 0.424. The molecule has 9 heavy (non-hydrogen) atoms. The first kappa shape index (κ1) is 6.32. The molecule has 4 nitrogen and oxygen atoms in total. The van der Waals surface area contributed by atoms with Crippen LogP contribution in [0.3, 0.4) is 0 Å². The molecule has 0 radical (unpaired) electrons. The molecule has 0 atom stereocenters. The van der Waals surface area contributed by atoms with Crippen molar-refractivity contribution >= 4 is 12.7 Å². The van der Waals surface area contributed by atoms with E-state index in [0.717, 1.165) is 0 Å². The Hall–Kier alpha value is -0.805. The maximum absolute atomic E-state index is 8.58. The van der Waals surface area contributed by atoms with E-state index in [1.54, 1.807) is 6.92 Å². The van der Waals surface area contributed by atoms with Gasteiger partial charge in [0.05, 0.1) is 17.6 Å². The average molecular weight is 126 g/mol. The van der Waals surface area contributed by atoms with E-state index < -0.39 is 7.12 Å². The molecule has 0 bridgehead atoms. The Morgan fingerprint density at radius 3 is 2.56 bits per heavy atom. The van der Waals surface area contributed by atoms with E-state index in [2.05, 4.69) is 9.97 Å². The molecule has 1 rings (SSSR count). The summed E-state index contributed by atoms with van der Waals surface area (Å²) in [6.07, 6.45) is 1.42. The first-order valence-corrected chi connectivity index (χ1v) is 2.58. The number of aryl methyl sites for hydroxylation is 1. The van der Waals surface area contributed by atoms with Gasteiger partial charge in [0, 0.05) is 0 Å². The van der Waals surface area contributed by atoms with Gasteiger partial charge in [0.15, 0.2) is 0 Å². The number of imidazole rings is 1. The number of aromatic nitrogens is 2. The van der Waals surface area contributed by atoms with Crippen molar-refractivity contribution in [2.75, 3.05) is 0 Å². The van der Waals surface area contributed by atoms with Gasteiger partial charge in [0.1, 0.15) is 0 Å². The van der Waals surface area contributed by atoms with E-state index in [4.69, 9.17) is 10.0 Å². The molecule has 0 fully saturated rings. The molecule has 0 aliphatic heterocycles. The summed E-state index contributed by atoms with van der Waals surface area (Å²) in [5.74, 6) is 0. The largest absolute Gasteiger partial charge is 0.507 e. The molecule has 0 spiro atoms. The van der Waals surface area contributed by atoms with Crippen LogP contribution in [0.15, 0.2) is 6.33 Å². The molecule has 0 amide bonds. The predicted octanol–water partition coefficient (Wildman–Crippen LogP) is -1.60. The lowest BCUT2D eigenvalue weighted by Crippen LogP contribution is -2.32. The topological polar surface area (TPSA) is 69.1 Å². The van der Waals surface area contributed by atoms with Crippen LogP contribution in [-0.2, 0) is 0 Å². The third kappa shape index (κ3) is 1.12. The summed E-state index contributed by atoms with van der Waals surface area (Å²) in [7, 11) is -1.44. The molecule has 0 unspecified atom stereocenters. The number of nitrogens with one attached hydrogen (secondary N) is 1. The van der Waals surface area contributed by atoms with E-state index in [1.165, 1.54) is 6.33 Å². The summed E-state index contributed by atoms with van der Waals surface area (Å²) in [5, 5.41) is 17.2. The van der Waals surface area contributed by atoms with Gasteiger partial charge in [0.25, 0.3) is 0 Å². The number of hydrogen-bond donors (Lipinski definition) is 3. The predicted molar refractivity (Wildman–Crippen MR) is 33.2 cm³/mol. The molecule has 1 aromatic rings. The normalized spacial score (nSPS) is 9.67. The first-order valence-electron chi connectivity index (χ1n) is 2.58. The summed E-state index contributed by atoms with van der Waals surface area (Å²) in [5.41, 5.74) is 0.972. The molecule has 0 saturated heterocycles. The van der Waals surface area contributed by atoms with Crippen molar-refractivity contribution in [3.05, 3.63) is 12.0 Å². The third-order valence-electron chi connectivity index (χ3n) is 1.13. The van der Waals surface area contributed by atoms with Crippen LogP contribution in [0.4, 0.5) is 0 Å². The molecule has 48 valence electrons. The quantitative estimate of drug-likeness (QED) is 0.397. The van der Waals surface area contributed by atoms with Gasteiger partial charge in [-0.3, -0.25) is 0 Å². The third-order valence-corrected chi connectivity index (χ3v) is 1.13. The van der Waals surface area contributed by atoms with Crippen molar-refractivity contribution in [3.63, 3.8) is 0 Å². The standard InChI is InChI=1S/C4H7BN2O2/c1-3-4(5(8)9)7-2-6-3/h2,8-9H,1H3,(H,6,7). The summed E-state index contributed by atoms with van der Waals surface area (Å²) >= 11 is 0. The van der Waals surface area contributed by atoms with Crippen LogP contribution in [0, 0.1) is 6.92 Å². The highest BCUT2D eigenvalue weighted by molar-refractivity contribution is 6.58. The monoisotopic (exact) mass is 126 g/mol. The Labute approximate surface area is 52.7 Å². The van der Waals surface area contributed by atoms with E-state index in [1.807, 2.05) is 0 Å². The summed E-state index contributed by atoms with van der Waals surface area (Å²) in [4.78, 5) is 6.36. The van der Waals surface area contributed by atoms with Gasteiger partial charge in [-0.05, 0) is 6.92 Å². The van der Waals surface area contributed by atoms with Crippen LogP contribution in [0.5, 0.6) is 0 Å². The minimum absolute atomic E-state index is 0.356. The summed E-state index contributed by atoms with van der Waals surface area (Å²) in [6.45, 7) is 1.70. The lowest BCUT2D eigenvalue weighted by Gasteiger charge is -1.92. The molecular weight excluding hydrogens is 119 g/mol. The van der Waals surface area contributed by atoms with E-state index in [0.29, 0.717) is 11.3 Å². The smallest absolute Gasteiger partial charge is 0.422 e. The lowest BCUT2D eigenvalue weighted by atomic mass is 9.85. The van der Waals surface area contributed by atoms with Crippen molar-refractivity contribution < 1.29 is 10.0 Å². The molecule has 3 N–H and O–H groups in total. The van der Waals surface area contributed by atoms with Gasteiger partial charge in [-0.25, -0.2) is 4.98 Å². The molecule has 0 aliphatic carbocycles. The van der Waals surface area contributed by atoms with Crippen LogP contribution < -0.4 is 5.59 Å². The van der Waals surface area contributed by atoms with Gasteiger partial charge >= 0.3 is 7.12 Å². The number of aromatic amines is 1. The Bertz CT molecular complexity index is 198. The van der Waals surface area contributed by atoms with Crippen molar-refractivity contribution in [1.82, 2.24) is 9.97 Å². The SMILES string of the molecule is Cc1nc[nH]c1B(O)O. The van der Waals surface area contributed by atoms with Crippen molar-refractivity contribution in [3.8, 4) is 0 Å². The number of nitrogens with zero attached hydrogens (tertiary/aromatic N) is 1. The second-order valence-electron chi connectivity index (χ2n) is 1.78. The van der Waals surface area contributed by atoms with E-state index in [9.17, 15) is 0 Å². The highest BCUT2D eigenvalue weighted by atomic mass is 16.4. The zero-order valence-electron chi connectivity index (χ0n) is 5.00. The van der Waals surface area contributed by atoms with Crippen LogP contribution in [-0.4, -0.2) is 27.1 Å². The first-order chi connectivity index (χ1) is 4.22. The highest BCUT2D eigenvalue weighted by Crippen LogP contribution is 1.83. The Balaban J connectivity index is 2.94. The van der Waals surface area contributed by atoms with Crippen molar-refractivity contribution in [1.29, 1.82) is 0 Å². The molecular formula is C4H7BN2O2. The molecule has 1 heterocycles. The molecule has 0 saturated carbocycles. The zero-order valence-corrected chi connectivity index (χ0v) is 5.00. The van der Waals surface area contributed by atoms with E-state index in [-0.39, 0.29) is 0 Å². The molecule has 5 heteroatoms. The second-order valence-corrected chi connectivity index (χ2v) is 1.78. The maximum atomic E-state index is 8.58. The number of hydrogen-bond acceptors (Lipinski definition) is 3. The van der Waals surface area contributed by atoms with Gasteiger partial charge in [-0.1, -0.05) is 0 Å². The van der Waals surface area contributed by atoms with Crippen LogP contribution in [0.2, 0.25) is 0 Å². The van der Waals surface area contributed by atoms with Gasteiger partial charge in [-0.15, -0.1) is 0 Å². The fourth-order valence-electron chi connectivity index (χ4n) is 0.634. The van der Waals surface area contributed by atoms with Crippen LogP contribution in [0.25, 0.3) is 0 Å². The summed E-state index contributed by atoms with van der Waals surface area (Å²) in [6, 6.07) is 0. The second kappa shape index (κ2) is 2.20. The number of H-pyrrole nitrogens is 1. The number of rotatable bonds is 1. The fourth-order valence-corrected chi connectivity index (χ4v) is 0.634. The van der Waals surface area contributed by atoms with Crippen molar-refractivity contribution in [2.24, 2.45) is 0 Å².